The number of benzene rings is 2. The van der Waals surface area contributed by atoms with Gasteiger partial charge in [-0.2, -0.15) is 0 Å². The molecule has 0 aliphatic rings. The molecule has 1 heterocycles. The molecule has 1 aromatic heterocycles. The molecule has 144 valence electrons. The van der Waals surface area contributed by atoms with Crippen LogP contribution >= 0.6 is 0 Å². The molecule has 0 spiro atoms. The average Bonchev–Trinajstić information content (AvgIpc) is 2.71. The van der Waals surface area contributed by atoms with Gasteiger partial charge in [0.05, 0.1) is 7.11 Å². The summed E-state index contributed by atoms with van der Waals surface area (Å²) in [5, 5.41) is 6.14. The maximum atomic E-state index is 12.6. The van der Waals surface area contributed by atoms with E-state index in [1.165, 1.54) is 5.56 Å². The van der Waals surface area contributed by atoms with Crippen LogP contribution in [0.4, 0.5) is 5.82 Å². The molecule has 6 heteroatoms. The second-order valence-electron chi connectivity index (χ2n) is 6.52. The van der Waals surface area contributed by atoms with E-state index in [9.17, 15) is 4.79 Å². The van der Waals surface area contributed by atoms with Gasteiger partial charge < -0.3 is 15.4 Å². The molecule has 1 amide bonds. The second kappa shape index (κ2) is 8.99. The fourth-order valence-corrected chi connectivity index (χ4v) is 2.79. The number of aromatic nitrogens is 2. The van der Waals surface area contributed by atoms with Crippen molar-refractivity contribution in [3.63, 3.8) is 0 Å². The van der Waals surface area contributed by atoms with E-state index < -0.39 is 0 Å². The number of methoxy groups -OCH3 is 1. The van der Waals surface area contributed by atoms with Crippen LogP contribution in [0.5, 0.6) is 5.75 Å². The van der Waals surface area contributed by atoms with E-state index in [2.05, 4.69) is 51.8 Å². The molecule has 2 aromatic carbocycles. The summed E-state index contributed by atoms with van der Waals surface area (Å²) in [5.41, 5.74) is 3.59. The van der Waals surface area contributed by atoms with Gasteiger partial charge >= 0.3 is 0 Å². The number of hydrogen-bond acceptors (Lipinski definition) is 5. The topological polar surface area (TPSA) is 76.1 Å². The molecule has 2 N–H and O–H groups in total. The highest BCUT2D eigenvalue weighted by atomic mass is 16.5. The zero-order chi connectivity index (χ0) is 19.9. The highest BCUT2D eigenvalue weighted by Gasteiger charge is 2.11. The lowest BCUT2D eigenvalue weighted by Crippen LogP contribution is -2.24. The number of rotatable bonds is 7. The number of nitrogens with zero attached hydrogens (tertiary/aromatic N) is 2. The van der Waals surface area contributed by atoms with Crippen molar-refractivity contribution < 1.29 is 9.53 Å². The first kappa shape index (κ1) is 19.4. The molecule has 0 atom stereocenters. The molecule has 0 radical (unpaired) electrons. The minimum Gasteiger partial charge on any atom is -0.496 e. The lowest BCUT2D eigenvalue weighted by molar-refractivity contribution is 0.0945. The van der Waals surface area contributed by atoms with Crippen molar-refractivity contribution in [3.8, 4) is 5.75 Å². The molecule has 6 nitrogen and oxygen atoms in total. The Morgan fingerprint density at radius 2 is 1.75 bits per heavy atom. The molecule has 3 aromatic rings. The van der Waals surface area contributed by atoms with Gasteiger partial charge in [-0.15, -0.1) is 0 Å². The normalized spacial score (nSPS) is 10.4. The van der Waals surface area contributed by atoms with Crippen LogP contribution in [-0.2, 0) is 13.1 Å². The van der Waals surface area contributed by atoms with E-state index in [1.807, 2.05) is 24.3 Å². The van der Waals surface area contributed by atoms with Crippen LogP contribution in [0, 0.1) is 13.8 Å². The summed E-state index contributed by atoms with van der Waals surface area (Å²) in [4.78, 5) is 21.2. The Labute approximate surface area is 165 Å². The molecule has 0 unspecified atom stereocenters. The van der Waals surface area contributed by atoms with E-state index in [4.69, 9.17) is 4.74 Å². The number of aryl methyl sites for hydroxylation is 2. The first-order valence-electron chi connectivity index (χ1n) is 9.10. The minimum atomic E-state index is -0.255. The summed E-state index contributed by atoms with van der Waals surface area (Å²) >= 11 is 0. The first-order chi connectivity index (χ1) is 13.5. The van der Waals surface area contributed by atoms with Crippen molar-refractivity contribution in [1.29, 1.82) is 0 Å². The smallest absolute Gasteiger partial charge is 0.270 e. The largest absolute Gasteiger partial charge is 0.496 e. The van der Waals surface area contributed by atoms with Crippen molar-refractivity contribution in [3.05, 3.63) is 82.8 Å². The monoisotopic (exact) mass is 376 g/mol. The third-order valence-corrected chi connectivity index (χ3v) is 4.30. The predicted molar refractivity (Wildman–Crippen MR) is 109 cm³/mol. The molecule has 0 fully saturated rings. The number of para-hydroxylation sites is 1. The second-order valence-corrected chi connectivity index (χ2v) is 6.52. The van der Waals surface area contributed by atoms with E-state index in [1.54, 1.807) is 20.1 Å². The Morgan fingerprint density at radius 1 is 1.00 bits per heavy atom. The van der Waals surface area contributed by atoms with Gasteiger partial charge in [-0.3, -0.25) is 4.79 Å². The zero-order valence-corrected chi connectivity index (χ0v) is 16.3. The Hall–Kier alpha value is -3.41. The van der Waals surface area contributed by atoms with Gasteiger partial charge in [0.15, 0.2) is 0 Å². The lowest BCUT2D eigenvalue weighted by Gasteiger charge is -2.11. The molecule has 0 aliphatic heterocycles. The van der Waals surface area contributed by atoms with E-state index in [-0.39, 0.29) is 5.91 Å². The van der Waals surface area contributed by atoms with E-state index >= 15 is 0 Å². The SMILES string of the molecule is COc1ccccc1CNC(=O)c1cc(NCc2ccc(C)cc2)nc(C)n1. The molecular weight excluding hydrogens is 352 g/mol. The van der Waals surface area contributed by atoms with Crippen LogP contribution < -0.4 is 15.4 Å². The van der Waals surface area contributed by atoms with E-state index in [0.29, 0.717) is 30.4 Å². The van der Waals surface area contributed by atoms with Crippen LogP contribution in [0.2, 0.25) is 0 Å². The minimum absolute atomic E-state index is 0.255. The van der Waals surface area contributed by atoms with Gasteiger partial charge in [0.1, 0.15) is 23.1 Å². The van der Waals surface area contributed by atoms with Gasteiger partial charge in [-0.25, -0.2) is 9.97 Å². The van der Waals surface area contributed by atoms with Crippen molar-refractivity contribution in [2.24, 2.45) is 0 Å². The maximum Gasteiger partial charge on any atom is 0.270 e. The molecular formula is C22H24N4O2. The van der Waals surface area contributed by atoms with Crippen LogP contribution in [0.1, 0.15) is 33.0 Å². The molecule has 0 bridgehead atoms. The molecule has 0 aliphatic carbocycles. The molecule has 3 rings (SSSR count). The fourth-order valence-electron chi connectivity index (χ4n) is 2.79. The highest BCUT2D eigenvalue weighted by Crippen LogP contribution is 2.17. The number of carbonyl (C=O) groups excluding carboxylic acids is 1. The molecule has 28 heavy (non-hydrogen) atoms. The first-order valence-corrected chi connectivity index (χ1v) is 9.10. The van der Waals surface area contributed by atoms with Gasteiger partial charge in [0.2, 0.25) is 0 Å². The van der Waals surface area contributed by atoms with E-state index in [0.717, 1.165) is 16.9 Å². The number of hydrogen-bond donors (Lipinski definition) is 2. The third-order valence-electron chi connectivity index (χ3n) is 4.30. The van der Waals surface area contributed by atoms with Crippen LogP contribution in [0.15, 0.2) is 54.6 Å². The number of anilines is 1. The van der Waals surface area contributed by atoms with Crippen molar-refractivity contribution >= 4 is 11.7 Å². The number of ether oxygens (including phenoxy) is 1. The standard InChI is InChI=1S/C22H24N4O2/c1-15-8-10-17(11-9-15)13-23-21-12-19(25-16(2)26-21)22(27)24-14-18-6-4-5-7-20(18)28-3/h4-12H,13-14H2,1-3H3,(H,24,27)(H,23,25,26). The summed E-state index contributed by atoms with van der Waals surface area (Å²) in [7, 11) is 1.61. The van der Waals surface area contributed by atoms with Gasteiger partial charge in [-0.05, 0) is 25.5 Å². The number of carbonyl (C=O) groups is 1. The summed E-state index contributed by atoms with van der Waals surface area (Å²) in [6, 6.07) is 17.5. The van der Waals surface area contributed by atoms with Crippen LogP contribution in [0.25, 0.3) is 0 Å². The van der Waals surface area contributed by atoms with Crippen molar-refractivity contribution in [2.45, 2.75) is 26.9 Å². The predicted octanol–water partition coefficient (Wildman–Crippen LogP) is 3.64. The van der Waals surface area contributed by atoms with Crippen molar-refractivity contribution in [1.82, 2.24) is 15.3 Å². The molecule has 0 saturated heterocycles. The quantitative estimate of drug-likeness (QED) is 0.658. The Morgan fingerprint density at radius 3 is 2.50 bits per heavy atom. The third kappa shape index (κ3) is 5.07. The van der Waals surface area contributed by atoms with Gasteiger partial charge in [0.25, 0.3) is 5.91 Å². The number of nitrogens with one attached hydrogen (secondary N) is 2. The van der Waals surface area contributed by atoms with Gasteiger partial charge in [-0.1, -0.05) is 48.0 Å². The molecule has 0 saturated carbocycles. The summed E-state index contributed by atoms with van der Waals surface area (Å²) < 4.78 is 5.32. The Balaban J connectivity index is 1.66. The zero-order valence-electron chi connectivity index (χ0n) is 16.3. The Bertz CT molecular complexity index is 955. The summed E-state index contributed by atoms with van der Waals surface area (Å²) in [5.74, 6) is 1.64. The van der Waals surface area contributed by atoms with Gasteiger partial charge in [0, 0.05) is 24.7 Å². The highest BCUT2D eigenvalue weighted by molar-refractivity contribution is 5.92. The number of amides is 1. The van der Waals surface area contributed by atoms with Crippen LogP contribution in [0.3, 0.4) is 0 Å². The average molecular weight is 376 g/mol. The fraction of sp³-hybridized carbons (Fsp3) is 0.227. The lowest BCUT2D eigenvalue weighted by atomic mass is 10.1. The summed E-state index contributed by atoms with van der Waals surface area (Å²) in [6.45, 7) is 4.81. The maximum absolute atomic E-state index is 12.6. The van der Waals surface area contributed by atoms with Crippen LogP contribution in [-0.4, -0.2) is 23.0 Å². The summed E-state index contributed by atoms with van der Waals surface area (Å²) in [6.07, 6.45) is 0. The van der Waals surface area contributed by atoms with Crippen molar-refractivity contribution in [2.75, 3.05) is 12.4 Å². The Kier molecular flexibility index (Phi) is 6.22.